The van der Waals surface area contributed by atoms with Gasteiger partial charge < -0.3 is 16.0 Å². The Bertz CT molecular complexity index is 381. The molecule has 222 valence electrons. The monoisotopic (exact) mass is 545 g/mol. The van der Waals surface area contributed by atoms with E-state index in [4.69, 9.17) is 11.6 Å². The fraction of sp³-hybridized carbons (Fsp3) is 1.00. The third-order valence-corrected chi connectivity index (χ3v) is 6.90. The molecule has 0 amide bonds. The van der Waals surface area contributed by atoms with Gasteiger partial charge >= 0.3 is 0 Å². The van der Waals surface area contributed by atoms with Crippen LogP contribution >= 0.6 is 11.6 Å². The van der Waals surface area contributed by atoms with Gasteiger partial charge in [-0.15, -0.1) is 11.6 Å². The second-order valence-electron chi connectivity index (χ2n) is 10.4. The van der Waals surface area contributed by atoms with Gasteiger partial charge in [-0.05, 0) is 83.6 Å². The first kappa shape index (κ1) is 40.5. The first-order valence-corrected chi connectivity index (χ1v) is 15.0. The van der Waals surface area contributed by atoms with Crippen LogP contribution in [0.1, 0.15) is 109 Å². The molecule has 7 heteroatoms. The molecule has 2 saturated heterocycles. The molecule has 0 aromatic rings. The van der Waals surface area contributed by atoms with Crippen molar-refractivity contribution in [3.63, 3.8) is 0 Å². The number of rotatable bonds is 1. The van der Waals surface area contributed by atoms with Gasteiger partial charge in [-0.3, -0.25) is 0 Å². The number of hydrogen-bond donors (Lipinski definition) is 3. The predicted molar refractivity (Wildman–Crippen MR) is 156 cm³/mol. The molecular weight excluding hydrogens is 483 g/mol. The fourth-order valence-electron chi connectivity index (χ4n) is 3.51. The van der Waals surface area contributed by atoms with Crippen molar-refractivity contribution in [1.82, 2.24) is 16.0 Å². The molecule has 0 aromatic heterocycles. The quantitative estimate of drug-likeness (QED) is 0.290. The molecule has 0 spiro atoms. The summed E-state index contributed by atoms with van der Waals surface area (Å²) in [5.74, 6) is 1.55. The molecule has 36 heavy (non-hydrogen) atoms. The highest BCUT2D eigenvalue weighted by Crippen LogP contribution is 2.32. The van der Waals surface area contributed by atoms with Crippen LogP contribution in [0.4, 0.5) is 13.2 Å². The Morgan fingerprint density at radius 3 is 1.25 bits per heavy atom. The van der Waals surface area contributed by atoms with Crippen LogP contribution in [0.3, 0.4) is 0 Å². The van der Waals surface area contributed by atoms with E-state index in [2.05, 4.69) is 43.6 Å². The maximum Gasteiger partial charge on any atom is 0.134 e. The Kier molecular flexibility index (Phi) is 28.4. The molecule has 0 radical (unpaired) electrons. The Hall–Kier alpha value is -0.0400. The van der Waals surface area contributed by atoms with Crippen molar-refractivity contribution in [2.75, 3.05) is 19.6 Å². The maximum atomic E-state index is 12.8. The average Bonchev–Trinajstić information content (AvgIpc) is 2.87. The van der Waals surface area contributed by atoms with Crippen molar-refractivity contribution in [1.29, 1.82) is 0 Å². The summed E-state index contributed by atoms with van der Waals surface area (Å²) >= 11 is 5.24. The van der Waals surface area contributed by atoms with Gasteiger partial charge in [0, 0.05) is 19.1 Å². The van der Waals surface area contributed by atoms with Gasteiger partial charge in [0.05, 0.1) is 11.5 Å². The molecule has 3 N–H and O–H groups in total. The Morgan fingerprint density at radius 2 is 1.00 bits per heavy atom. The summed E-state index contributed by atoms with van der Waals surface area (Å²) in [6, 6.07) is 0.770. The third kappa shape index (κ3) is 22.0. The second-order valence-corrected chi connectivity index (χ2v) is 11.1. The minimum Gasteiger partial charge on any atom is -0.314 e. The summed E-state index contributed by atoms with van der Waals surface area (Å²) in [7, 11) is 0. The van der Waals surface area contributed by atoms with Crippen LogP contribution in [-0.4, -0.2) is 55.7 Å². The van der Waals surface area contributed by atoms with E-state index in [-0.39, 0.29) is 17.2 Å². The lowest BCUT2D eigenvalue weighted by Crippen LogP contribution is -2.50. The zero-order valence-electron chi connectivity index (χ0n) is 25.7. The molecule has 3 nitrogen and oxygen atoms in total. The summed E-state index contributed by atoms with van der Waals surface area (Å²) in [5.41, 5.74) is 0. The second kappa shape index (κ2) is 25.2. The van der Waals surface area contributed by atoms with Crippen molar-refractivity contribution in [2.45, 2.75) is 145 Å². The molecule has 2 aliphatic heterocycles. The van der Waals surface area contributed by atoms with Gasteiger partial charge in [-0.1, -0.05) is 55.4 Å². The lowest BCUT2D eigenvalue weighted by molar-refractivity contribution is 0.0367. The molecule has 3 fully saturated rings. The summed E-state index contributed by atoms with van der Waals surface area (Å²) in [6.45, 7) is 27.1. The average molecular weight is 546 g/mol. The molecule has 8 atom stereocenters. The van der Waals surface area contributed by atoms with E-state index in [1.165, 1.54) is 26.3 Å². The first-order chi connectivity index (χ1) is 16.8. The summed E-state index contributed by atoms with van der Waals surface area (Å²) in [5, 5.41) is 9.73. The largest absolute Gasteiger partial charge is 0.314 e. The SMILES string of the molecule is CC.CC.CC(F)C(C)Cl.CC1CCC(C)C(F)C1F.CC1CCC(C)NC1.CC1CNC(C)NC1. The minimum absolute atomic E-state index is 0.0776. The van der Waals surface area contributed by atoms with Crippen LogP contribution in [0.2, 0.25) is 0 Å². The van der Waals surface area contributed by atoms with Crippen LogP contribution in [0.5, 0.6) is 0 Å². The van der Waals surface area contributed by atoms with Crippen LogP contribution in [0, 0.1) is 23.7 Å². The number of nitrogens with one attached hydrogen (secondary N) is 3. The zero-order valence-corrected chi connectivity index (χ0v) is 26.5. The van der Waals surface area contributed by atoms with Crippen LogP contribution in [0.15, 0.2) is 0 Å². The van der Waals surface area contributed by atoms with Gasteiger partial charge in [0.15, 0.2) is 0 Å². The van der Waals surface area contributed by atoms with Gasteiger partial charge in [-0.25, -0.2) is 13.2 Å². The molecule has 0 bridgehead atoms. The highest BCUT2D eigenvalue weighted by molar-refractivity contribution is 6.20. The Balaban J connectivity index is -0.000000390. The van der Waals surface area contributed by atoms with Crippen LogP contribution in [-0.2, 0) is 0 Å². The van der Waals surface area contributed by atoms with Crippen molar-refractivity contribution in [3.8, 4) is 0 Å². The van der Waals surface area contributed by atoms with Crippen LogP contribution in [0.25, 0.3) is 0 Å². The summed E-state index contributed by atoms with van der Waals surface area (Å²) < 4.78 is 37.4. The normalized spacial score (nSPS) is 35.0. The van der Waals surface area contributed by atoms with E-state index >= 15 is 0 Å². The lowest BCUT2D eigenvalue weighted by Gasteiger charge is -2.30. The molecule has 3 rings (SSSR count). The van der Waals surface area contributed by atoms with E-state index in [9.17, 15) is 13.2 Å². The maximum absolute atomic E-state index is 12.8. The van der Waals surface area contributed by atoms with E-state index in [0.29, 0.717) is 6.17 Å². The molecule has 1 aliphatic carbocycles. The number of alkyl halides is 4. The van der Waals surface area contributed by atoms with E-state index in [1.54, 1.807) is 20.8 Å². The van der Waals surface area contributed by atoms with E-state index in [1.807, 2.05) is 27.7 Å². The van der Waals surface area contributed by atoms with Gasteiger partial charge in [0.25, 0.3) is 0 Å². The summed E-state index contributed by atoms with van der Waals surface area (Å²) in [6.07, 6.45) is 1.64. The molecule has 1 saturated carbocycles. The van der Waals surface area contributed by atoms with Crippen molar-refractivity contribution < 1.29 is 13.2 Å². The smallest absolute Gasteiger partial charge is 0.134 e. The number of halogens is 4. The predicted octanol–water partition coefficient (Wildman–Crippen LogP) is 8.31. The Morgan fingerprint density at radius 1 is 0.639 bits per heavy atom. The molecule has 2 heterocycles. The standard InChI is InChI=1S/C8H14F2.C7H15N.C6H14N2.C4H8ClF.2C2H6/c1-5-3-4-6(2)8(10)7(5)9;1-6-3-4-7(2)8-5-6;1-5-3-7-6(2)8-4-5;1-3(5)4(2)6;2*1-2/h5-8H,3-4H2,1-2H3;6-8H,3-5H2,1-2H3;5-8H,3-4H2,1-2H3;3-4H,1-2H3;2*1-2H3. The van der Waals surface area contributed by atoms with Gasteiger partial charge in [0.2, 0.25) is 0 Å². The van der Waals surface area contributed by atoms with E-state index < -0.39 is 18.5 Å². The third-order valence-electron chi connectivity index (χ3n) is 6.55. The number of piperidine rings is 1. The van der Waals surface area contributed by atoms with Crippen molar-refractivity contribution in [2.24, 2.45) is 23.7 Å². The topological polar surface area (TPSA) is 36.1 Å². The zero-order chi connectivity index (χ0) is 28.8. The first-order valence-electron chi connectivity index (χ1n) is 14.6. The molecule has 8 unspecified atom stereocenters. The van der Waals surface area contributed by atoms with Crippen molar-refractivity contribution in [3.05, 3.63) is 0 Å². The minimum atomic E-state index is -1.22. The van der Waals surface area contributed by atoms with Gasteiger partial charge in [-0.2, -0.15) is 0 Å². The molecule has 3 aliphatic rings. The van der Waals surface area contributed by atoms with Crippen LogP contribution < -0.4 is 16.0 Å². The van der Waals surface area contributed by atoms with E-state index in [0.717, 1.165) is 43.8 Å². The Labute approximate surface area is 228 Å². The highest BCUT2D eigenvalue weighted by Gasteiger charge is 2.35. The van der Waals surface area contributed by atoms with Gasteiger partial charge in [0.1, 0.15) is 18.5 Å². The highest BCUT2D eigenvalue weighted by atomic mass is 35.5. The molecular formula is C29H63ClF3N3. The molecule has 0 aromatic carbocycles. The number of hydrogen-bond acceptors (Lipinski definition) is 3. The van der Waals surface area contributed by atoms with Crippen molar-refractivity contribution >= 4 is 11.6 Å². The lowest BCUT2D eigenvalue weighted by atomic mass is 9.81. The summed E-state index contributed by atoms with van der Waals surface area (Å²) in [4.78, 5) is 0. The fourth-order valence-corrected chi connectivity index (χ4v) is 3.51.